The van der Waals surface area contributed by atoms with E-state index in [4.69, 9.17) is 18.9 Å². The van der Waals surface area contributed by atoms with Gasteiger partial charge in [0.2, 0.25) is 11.8 Å². The third-order valence-electron chi connectivity index (χ3n) is 12.3. The van der Waals surface area contributed by atoms with Gasteiger partial charge in [0.1, 0.15) is 60.9 Å². The van der Waals surface area contributed by atoms with Gasteiger partial charge in [0.05, 0.1) is 18.8 Å². The van der Waals surface area contributed by atoms with Crippen molar-refractivity contribution < 1.29 is 69.4 Å². The van der Waals surface area contributed by atoms with Gasteiger partial charge in [-0.25, -0.2) is 4.79 Å². The lowest BCUT2D eigenvalue weighted by Crippen LogP contribution is -2.69. The number of unbranched alkanes of at least 4 members (excludes halogenated alkanes) is 14. The molecule has 0 spiro atoms. The molecule has 2 amide bonds. The molecule has 4 heterocycles. The second-order valence-electron chi connectivity index (χ2n) is 17.3. The molecule has 20 heteroatoms. The lowest BCUT2D eigenvalue weighted by Gasteiger charge is -2.47. The summed E-state index contributed by atoms with van der Waals surface area (Å²) < 4.78 is 24.7. The van der Waals surface area contributed by atoms with E-state index < -0.39 is 128 Å². The molecule has 0 saturated carbocycles. The maximum absolute atomic E-state index is 13.3. The van der Waals surface area contributed by atoms with E-state index in [0.717, 1.165) is 93.9 Å². The monoisotopic (exact) mass is 903 g/mol. The number of aromatic nitrogens is 2. The molecule has 20 nitrogen and oxygen atoms in total. The molecular weight excluding hydrogens is 828 g/mol. The van der Waals surface area contributed by atoms with Crippen LogP contribution in [0.4, 0.5) is 0 Å². The molecule has 3 aliphatic heterocycles. The second-order valence-corrected chi connectivity index (χ2v) is 17.3. The summed E-state index contributed by atoms with van der Waals surface area (Å²) in [7, 11) is 0. The fourth-order valence-corrected chi connectivity index (χ4v) is 8.47. The number of aliphatic hydroxyl groups excluding tert-OH is 8. The van der Waals surface area contributed by atoms with Crippen LogP contribution in [0.15, 0.2) is 21.9 Å². The van der Waals surface area contributed by atoms with Crippen molar-refractivity contribution in [2.75, 3.05) is 6.61 Å². The van der Waals surface area contributed by atoms with Crippen LogP contribution in [0, 0.1) is 0 Å². The number of carbonyl (C=O) groups is 2. The number of hydrogen-bond donors (Lipinski definition) is 11. The number of nitrogens with zero attached hydrogens (tertiary/aromatic N) is 1. The summed E-state index contributed by atoms with van der Waals surface area (Å²) in [6.07, 6.45) is -5.23. The van der Waals surface area contributed by atoms with Gasteiger partial charge < -0.3 is 70.4 Å². The number of ether oxygens (including phenoxy) is 4. The molecule has 3 saturated heterocycles. The Balaban J connectivity index is 1.50. The van der Waals surface area contributed by atoms with E-state index in [9.17, 15) is 60.0 Å². The number of amides is 2. The van der Waals surface area contributed by atoms with E-state index in [1.54, 1.807) is 0 Å². The first-order chi connectivity index (χ1) is 30.2. The van der Waals surface area contributed by atoms with Gasteiger partial charge in [-0.3, -0.25) is 23.9 Å². The Morgan fingerprint density at radius 3 is 1.60 bits per heavy atom. The first-order valence-electron chi connectivity index (χ1n) is 23.1. The summed E-state index contributed by atoms with van der Waals surface area (Å²) in [5.74, 6) is -0.982. The Labute approximate surface area is 368 Å². The lowest BCUT2D eigenvalue weighted by atomic mass is 9.91. The Morgan fingerprint density at radius 1 is 0.667 bits per heavy atom. The SMILES string of the molecule is CCCCCCCCCCC(=O)NC1C(O[C@@H]2OC(C[C@@H](O)[C@H]3O[C@@H](n4ccc(=O)[nH]c4=O)[C@H](O)[C@@H]3O)C(O)C(O)[C@H]2NC(=O)CCCCCCCCCC)O[C@@H](CO)[C@@H](O)C1O. The molecule has 3 fully saturated rings. The minimum atomic E-state index is -1.82. The smallest absolute Gasteiger partial charge is 0.330 e. The summed E-state index contributed by atoms with van der Waals surface area (Å²) >= 11 is 0. The molecule has 0 bridgehead atoms. The average Bonchev–Trinajstić information content (AvgIpc) is 3.55. The van der Waals surface area contributed by atoms with Crippen molar-refractivity contribution in [3.8, 4) is 0 Å². The van der Waals surface area contributed by atoms with Crippen molar-refractivity contribution in [1.29, 1.82) is 0 Å². The summed E-state index contributed by atoms with van der Waals surface area (Å²) in [6, 6.07) is -1.93. The van der Waals surface area contributed by atoms with Crippen LogP contribution >= 0.6 is 0 Å². The quantitative estimate of drug-likeness (QED) is 0.0511. The minimum absolute atomic E-state index is 0.0662. The van der Waals surface area contributed by atoms with Crippen LogP contribution in [0.5, 0.6) is 0 Å². The first kappa shape index (κ1) is 52.8. The Hall–Kier alpha value is -2.86. The van der Waals surface area contributed by atoms with Crippen molar-refractivity contribution in [2.24, 2.45) is 0 Å². The van der Waals surface area contributed by atoms with Gasteiger partial charge in [-0.05, 0) is 12.8 Å². The largest absolute Gasteiger partial charge is 0.394 e. The van der Waals surface area contributed by atoms with Gasteiger partial charge in [0, 0.05) is 31.5 Å². The van der Waals surface area contributed by atoms with Crippen molar-refractivity contribution in [1.82, 2.24) is 20.2 Å². The molecule has 63 heavy (non-hydrogen) atoms. The number of aromatic amines is 1. The molecule has 4 rings (SSSR count). The number of nitrogens with one attached hydrogen (secondary N) is 3. The van der Waals surface area contributed by atoms with Crippen molar-refractivity contribution in [2.45, 2.75) is 228 Å². The van der Waals surface area contributed by atoms with Crippen LogP contribution in [0.25, 0.3) is 0 Å². The van der Waals surface area contributed by atoms with E-state index >= 15 is 0 Å². The summed E-state index contributed by atoms with van der Waals surface area (Å²) in [5, 5.41) is 93.2. The Morgan fingerprint density at radius 2 is 1.13 bits per heavy atom. The van der Waals surface area contributed by atoms with Crippen LogP contribution in [0.1, 0.15) is 142 Å². The number of H-pyrrole nitrogens is 1. The number of carbonyl (C=O) groups excluding carboxylic acids is 2. The van der Waals surface area contributed by atoms with E-state index in [1.807, 2.05) is 4.98 Å². The average molecular weight is 903 g/mol. The standard InChI is InChI=1S/C43H74N4O16/c1-3-5-7-9-11-13-15-17-19-28(50)44-31-35(55)33(53)26(23-25(49)39-37(57)38(58)40(62-39)47-22-21-30(52)46-43(47)59)60-41(31)63-42-32(36(56)34(54)27(24-48)61-42)45-29(51)20-18-16-14-12-10-8-6-4-2/h21-22,25-27,31-42,48-49,53-58H,3-20,23-24H2,1-2H3,(H,44,50)(H,45,51)(H,46,52,59)/t25-,26?,27+,31-,32?,33?,34-,35?,36?,37+,38-,39-,40-,41+,42?/m1/s1. The summed E-state index contributed by atoms with van der Waals surface area (Å²) in [6.45, 7) is 3.52. The second kappa shape index (κ2) is 26.9. The van der Waals surface area contributed by atoms with E-state index in [1.165, 1.54) is 12.8 Å². The highest BCUT2D eigenvalue weighted by Crippen LogP contribution is 2.34. The van der Waals surface area contributed by atoms with Gasteiger partial charge in [0.25, 0.3) is 5.56 Å². The molecule has 1 aromatic rings. The van der Waals surface area contributed by atoms with Crippen molar-refractivity contribution in [3.05, 3.63) is 33.1 Å². The Bertz CT molecular complexity index is 1620. The summed E-state index contributed by atoms with van der Waals surface area (Å²) in [5.41, 5.74) is -1.67. The van der Waals surface area contributed by atoms with Gasteiger partial charge in [0.15, 0.2) is 18.8 Å². The highest BCUT2D eigenvalue weighted by atomic mass is 16.8. The predicted molar refractivity (Wildman–Crippen MR) is 226 cm³/mol. The van der Waals surface area contributed by atoms with E-state index in [2.05, 4.69) is 24.5 Å². The normalized spacial score (nSPS) is 32.7. The number of hydrogen-bond acceptors (Lipinski definition) is 16. The number of aliphatic hydroxyl groups is 8. The fraction of sp³-hybridized carbons (Fsp3) is 0.860. The molecule has 11 N–H and O–H groups in total. The predicted octanol–water partition coefficient (Wildman–Crippen LogP) is -0.160. The maximum Gasteiger partial charge on any atom is 0.330 e. The molecule has 0 aliphatic carbocycles. The third-order valence-corrected chi connectivity index (χ3v) is 12.3. The molecule has 0 radical (unpaired) electrons. The van der Waals surface area contributed by atoms with Gasteiger partial charge >= 0.3 is 5.69 Å². The lowest BCUT2D eigenvalue weighted by molar-refractivity contribution is -0.347. The van der Waals surface area contributed by atoms with Crippen LogP contribution in [0.3, 0.4) is 0 Å². The van der Waals surface area contributed by atoms with Gasteiger partial charge in [-0.15, -0.1) is 0 Å². The molecular formula is C43H74N4O16. The van der Waals surface area contributed by atoms with E-state index in [-0.39, 0.29) is 12.8 Å². The van der Waals surface area contributed by atoms with Gasteiger partial charge in [-0.2, -0.15) is 0 Å². The first-order valence-corrected chi connectivity index (χ1v) is 23.1. The topological polar surface area (TPSA) is 312 Å². The molecule has 15 atom stereocenters. The highest BCUT2D eigenvalue weighted by Gasteiger charge is 2.53. The molecule has 362 valence electrons. The van der Waals surface area contributed by atoms with Gasteiger partial charge in [-0.1, -0.05) is 104 Å². The zero-order valence-corrected chi connectivity index (χ0v) is 36.7. The third kappa shape index (κ3) is 15.4. The van der Waals surface area contributed by atoms with E-state index in [0.29, 0.717) is 12.8 Å². The minimum Gasteiger partial charge on any atom is -0.394 e. The maximum atomic E-state index is 13.3. The Kier molecular flexibility index (Phi) is 22.6. The van der Waals surface area contributed by atoms with Crippen LogP contribution in [0.2, 0.25) is 0 Å². The van der Waals surface area contributed by atoms with Crippen LogP contribution in [-0.4, -0.2) is 155 Å². The molecule has 3 aliphatic rings. The molecule has 6 unspecified atom stereocenters. The zero-order valence-electron chi connectivity index (χ0n) is 36.7. The highest BCUT2D eigenvalue weighted by molar-refractivity contribution is 5.76. The van der Waals surface area contributed by atoms with Crippen molar-refractivity contribution >= 4 is 11.8 Å². The fourth-order valence-electron chi connectivity index (χ4n) is 8.47. The molecule has 1 aromatic heterocycles. The van der Waals surface area contributed by atoms with Crippen LogP contribution in [-0.2, 0) is 28.5 Å². The summed E-state index contributed by atoms with van der Waals surface area (Å²) in [4.78, 5) is 52.6. The number of rotatable bonds is 27. The van der Waals surface area contributed by atoms with Crippen LogP contribution < -0.4 is 21.9 Å². The molecule has 0 aromatic carbocycles. The zero-order chi connectivity index (χ0) is 46.1. The van der Waals surface area contributed by atoms with Crippen molar-refractivity contribution in [3.63, 3.8) is 0 Å².